The number of aromatic nitrogens is 2. The summed E-state index contributed by atoms with van der Waals surface area (Å²) in [6.07, 6.45) is 0.918. The van der Waals surface area contributed by atoms with E-state index in [0.29, 0.717) is 12.5 Å². The molecular weight excluding hydrogens is 308 g/mol. The number of methoxy groups -OCH3 is 1. The summed E-state index contributed by atoms with van der Waals surface area (Å²) in [5.41, 5.74) is 0. The maximum absolute atomic E-state index is 12.5. The SMILES string of the molecule is COCc1nsc(N2CCC(C(=O)N3CCSCC3)C2)n1. The first-order valence-corrected chi connectivity index (χ1v) is 9.13. The number of amides is 1. The Morgan fingerprint density at radius 2 is 2.19 bits per heavy atom. The van der Waals surface area contributed by atoms with E-state index in [1.807, 2.05) is 16.7 Å². The number of carbonyl (C=O) groups is 1. The first-order valence-electron chi connectivity index (χ1n) is 7.21. The minimum absolute atomic E-state index is 0.114. The lowest BCUT2D eigenvalue weighted by Crippen LogP contribution is -2.42. The molecule has 0 saturated carbocycles. The molecule has 21 heavy (non-hydrogen) atoms. The molecule has 1 aromatic rings. The van der Waals surface area contributed by atoms with E-state index in [0.717, 1.165) is 55.1 Å². The highest BCUT2D eigenvalue weighted by Gasteiger charge is 2.33. The van der Waals surface area contributed by atoms with Gasteiger partial charge in [-0.05, 0) is 6.42 Å². The van der Waals surface area contributed by atoms with Crippen molar-refractivity contribution in [2.75, 3.05) is 49.7 Å². The minimum Gasteiger partial charge on any atom is -0.377 e. The van der Waals surface area contributed by atoms with Crippen LogP contribution in [0.25, 0.3) is 0 Å². The van der Waals surface area contributed by atoms with E-state index in [2.05, 4.69) is 14.3 Å². The van der Waals surface area contributed by atoms with Gasteiger partial charge in [-0.15, -0.1) is 0 Å². The molecule has 0 radical (unpaired) electrons. The van der Waals surface area contributed by atoms with Gasteiger partial charge in [0.15, 0.2) is 5.82 Å². The van der Waals surface area contributed by atoms with Crippen molar-refractivity contribution in [1.82, 2.24) is 14.3 Å². The molecule has 2 fully saturated rings. The van der Waals surface area contributed by atoms with Crippen molar-refractivity contribution in [3.63, 3.8) is 0 Å². The molecule has 1 amide bonds. The van der Waals surface area contributed by atoms with Gasteiger partial charge in [-0.2, -0.15) is 16.1 Å². The summed E-state index contributed by atoms with van der Waals surface area (Å²) in [6, 6.07) is 0. The third kappa shape index (κ3) is 3.49. The first-order chi connectivity index (χ1) is 10.3. The van der Waals surface area contributed by atoms with Crippen LogP contribution in [-0.2, 0) is 16.1 Å². The topological polar surface area (TPSA) is 58.6 Å². The Balaban J connectivity index is 1.57. The second-order valence-corrected chi connectivity index (χ2v) is 7.25. The maximum Gasteiger partial charge on any atom is 0.227 e. The zero-order valence-electron chi connectivity index (χ0n) is 12.2. The van der Waals surface area contributed by atoms with Gasteiger partial charge in [-0.25, -0.2) is 4.98 Å². The molecule has 1 aromatic heterocycles. The smallest absolute Gasteiger partial charge is 0.227 e. The Morgan fingerprint density at radius 1 is 1.38 bits per heavy atom. The number of thioether (sulfide) groups is 1. The van der Waals surface area contributed by atoms with Gasteiger partial charge < -0.3 is 14.5 Å². The molecule has 2 aliphatic heterocycles. The van der Waals surface area contributed by atoms with Crippen molar-refractivity contribution >= 4 is 34.3 Å². The molecule has 0 N–H and O–H groups in total. The Kier molecular flexibility index (Phi) is 4.97. The third-order valence-electron chi connectivity index (χ3n) is 3.86. The van der Waals surface area contributed by atoms with E-state index in [4.69, 9.17) is 4.74 Å². The van der Waals surface area contributed by atoms with Crippen LogP contribution >= 0.6 is 23.3 Å². The Morgan fingerprint density at radius 3 is 2.95 bits per heavy atom. The Bertz CT molecular complexity index is 490. The quantitative estimate of drug-likeness (QED) is 0.824. The fourth-order valence-corrected chi connectivity index (χ4v) is 4.35. The van der Waals surface area contributed by atoms with E-state index < -0.39 is 0 Å². The van der Waals surface area contributed by atoms with Crippen molar-refractivity contribution in [2.45, 2.75) is 13.0 Å². The van der Waals surface area contributed by atoms with Crippen LogP contribution in [-0.4, -0.2) is 65.0 Å². The highest BCUT2D eigenvalue weighted by atomic mass is 32.2. The van der Waals surface area contributed by atoms with Crippen LogP contribution < -0.4 is 4.90 Å². The monoisotopic (exact) mass is 328 g/mol. The van der Waals surface area contributed by atoms with Gasteiger partial charge in [0.2, 0.25) is 11.0 Å². The number of anilines is 1. The normalized spacial score (nSPS) is 22.8. The average molecular weight is 328 g/mol. The van der Waals surface area contributed by atoms with Crippen LogP contribution in [0.2, 0.25) is 0 Å². The van der Waals surface area contributed by atoms with Crippen molar-refractivity contribution in [3.05, 3.63) is 5.82 Å². The van der Waals surface area contributed by atoms with E-state index in [9.17, 15) is 4.79 Å². The fraction of sp³-hybridized carbons (Fsp3) is 0.769. The summed E-state index contributed by atoms with van der Waals surface area (Å²) in [7, 11) is 1.64. The van der Waals surface area contributed by atoms with Crippen molar-refractivity contribution in [3.8, 4) is 0 Å². The zero-order valence-corrected chi connectivity index (χ0v) is 13.8. The van der Waals surface area contributed by atoms with E-state index in [-0.39, 0.29) is 5.92 Å². The highest BCUT2D eigenvalue weighted by molar-refractivity contribution is 7.99. The van der Waals surface area contributed by atoms with Crippen molar-refractivity contribution < 1.29 is 9.53 Å². The molecule has 0 aromatic carbocycles. The lowest BCUT2D eigenvalue weighted by atomic mass is 10.1. The van der Waals surface area contributed by atoms with Gasteiger partial charge in [-0.3, -0.25) is 4.79 Å². The molecule has 2 saturated heterocycles. The predicted molar refractivity (Wildman–Crippen MR) is 84.8 cm³/mol. The summed E-state index contributed by atoms with van der Waals surface area (Å²) in [6.45, 7) is 3.90. The maximum atomic E-state index is 12.5. The Labute approximate surface area is 133 Å². The van der Waals surface area contributed by atoms with E-state index in [1.54, 1.807) is 7.11 Å². The highest BCUT2D eigenvalue weighted by Crippen LogP contribution is 2.27. The number of nitrogens with zero attached hydrogens (tertiary/aromatic N) is 4. The molecule has 8 heteroatoms. The minimum atomic E-state index is 0.114. The Hall–Kier alpha value is -0.860. The molecular formula is C13H20N4O2S2. The molecule has 2 aliphatic rings. The molecule has 0 aliphatic carbocycles. The van der Waals surface area contributed by atoms with E-state index >= 15 is 0 Å². The summed E-state index contributed by atoms with van der Waals surface area (Å²) in [5, 5.41) is 0.909. The lowest BCUT2D eigenvalue weighted by molar-refractivity contribution is -0.134. The molecule has 0 bridgehead atoms. The first kappa shape index (κ1) is 15.1. The van der Waals surface area contributed by atoms with Gasteiger partial charge >= 0.3 is 0 Å². The number of hydrogen-bond donors (Lipinski definition) is 0. The fourth-order valence-electron chi connectivity index (χ4n) is 2.74. The van der Waals surface area contributed by atoms with Crippen LogP contribution in [0.1, 0.15) is 12.2 Å². The van der Waals surface area contributed by atoms with Crippen LogP contribution in [0.3, 0.4) is 0 Å². The summed E-state index contributed by atoms with van der Waals surface area (Å²) in [4.78, 5) is 21.2. The van der Waals surface area contributed by atoms with Gasteiger partial charge in [0.05, 0.1) is 5.92 Å². The average Bonchev–Trinajstić information content (AvgIpc) is 3.16. The molecule has 3 heterocycles. The largest absolute Gasteiger partial charge is 0.377 e. The third-order valence-corrected chi connectivity index (χ3v) is 5.62. The predicted octanol–water partition coefficient (Wildman–Crippen LogP) is 1.09. The van der Waals surface area contributed by atoms with Gasteiger partial charge in [0.1, 0.15) is 6.61 Å². The molecule has 116 valence electrons. The number of hydrogen-bond acceptors (Lipinski definition) is 7. The van der Waals surface area contributed by atoms with Crippen LogP contribution in [0, 0.1) is 5.92 Å². The molecule has 1 atom stereocenters. The van der Waals surface area contributed by atoms with Gasteiger partial charge in [0, 0.05) is 56.3 Å². The van der Waals surface area contributed by atoms with Crippen LogP contribution in [0.15, 0.2) is 0 Å². The standard InChI is InChI=1S/C13H20N4O2S2/c1-19-9-11-14-13(21-15-11)17-3-2-10(8-17)12(18)16-4-6-20-7-5-16/h10H,2-9H2,1H3. The molecule has 6 nitrogen and oxygen atoms in total. The van der Waals surface area contributed by atoms with E-state index in [1.165, 1.54) is 11.5 Å². The second kappa shape index (κ2) is 6.93. The van der Waals surface area contributed by atoms with Gasteiger partial charge in [-0.1, -0.05) is 0 Å². The molecule has 3 rings (SSSR count). The summed E-state index contributed by atoms with van der Waals surface area (Å²) in [5.74, 6) is 3.29. The van der Waals surface area contributed by atoms with Crippen molar-refractivity contribution in [2.24, 2.45) is 5.92 Å². The number of carbonyl (C=O) groups excluding carboxylic acids is 1. The van der Waals surface area contributed by atoms with Crippen molar-refractivity contribution in [1.29, 1.82) is 0 Å². The summed E-state index contributed by atoms with van der Waals surface area (Å²) >= 11 is 3.32. The number of rotatable bonds is 4. The molecule has 1 unspecified atom stereocenters. The zero-order chi connectivity index (χ0) is 14.7. The van der Waals surface area contributed by atoms with Gasteiger partial charge in [0.25, 0.3) is 0 Å². The second-order valence-electron chi connectivity index (χ2n) is 5.30. The van der Waals surface area contributed by atoms with Crippen LogP contribution in [0.5, 0.6) is 0 Å². The number of ether oxygens (including phenoxy) is 1. The molecule has 0 spiro atoms. The lowest BCUT2D eigenvalue weighted by Gasteiger charge is -2.28. The summed E-state index contributed by atoms with van der Waals surface area (Å²) < 4.78 is 9.32. The van der Waals surface area contributed by atoms with Crippen LogP contribution in [0.4, 0.5) is 5.13 Å².